The summed E-state index contributed by atoms with van der Waals surface area (Å²) in [5.41, 5.74) is 4.76. The molecule has 1 unspecified atom stereocenters. The molecule has 0 spiro atoms. The van der Waals surface area contributed by atoms with E-state index in [4.69, 9.17) is 20.1 Å². The minimum Gasteiger partial charge on any atom is -0.388 e. The summed E-state index contributed by atoms with van der Waals surface area (Å²) in [7, 11) is -3.86. The first-order valence-electron chi connectivity index (χ1n) is 19.0. The van der Waals surface area contributed by atoms with Gasteiger partial charge in [-0.15, -0.1) is 0 Å². The molecule has 296 valence electrons. The third-order valence-electron chi connectivity index (χ3n) is 10.9. The van der Waals surface area contributed by atoms with Gasteiger partial charge in [-0.1, -0.05) is 67.6 Å². The topological polar surface area (TPSA) is 218 Å². The number of aromatic nitrogens is 6. The third kappa shape index (κ3) is 8.04. The van der Waals surface area contributed by atoms with E-state index >= 15 is 0 Å². The fraction of sp³-hybridized carbons (Fsp3) is 0.325. The van der Waals surface area contributed by atoms with Crippen molar-refractivity contribution in [3.8, 4) is 0 Å². The average molecular weight is 792 g/mol. The van der Waals surface area contributed by atoms with Gasteiger partial charge in [-0.05, 0) is 60.2 Å². The number of nitrogens with zero attached hydrogens (tertiary/aromatic N) is 7. The number of amides is 2. The lowest BCUT2D eigenvalue weighted by atomic mass is 9.91. The van der Waals surface area contributed by atoms with Gasteiger partial charge in [0.15, 0.2) is 17.0 Å². The number of hydrogen-bond donors (Lipinski definition) is 6. The van der Waals surface area contributed by atoms with Gasteiger partial charge in [-0.3, -0.25) is 4.68 Å². The molecule has 2 fully saturated rings. The van der Waals surface area contributed by atoms with Crippen molar-refractivity contribution >= 4 is 44.7 Å². The summed E-state index contributed by atoms with van der Waals surface area (Å²) in [6, 6.07) is 24.4. The molecule has 1 saturated carbocycles. The number of hydrogen-bond acceptors (Lipinski definition) is 11. The van der Waals surface area contributed by atoms with Gasteiger partial charge in [0.2, 0.25) is 16.0 Å². The summed E-state index contributed by atoms with van der Waals surface area (Å²) in [4.78, 5) is 29.7. The number of aliphatic hydroxyl groups is 2. The second kappa shape index (κ2) is 15.9. The van der Waals surface area contributed by atoms with Crippen molar-refractivity contribution in [2.45, 2.75) is 67.3 Å². The van der Waals surface area contributed by atoms with Crippen LogP contribution in [0.4, 0.5) is 22.2 Å². The zero-order chi connectivity index (χ0) is 39.7. The van der Waals surface area contributed by atoms with Gasteiger partial charge in [0, 0.05) is 43.5 Å². The van der Waals surface area contributed by atoms with Crippen molar-refractivity contribution in [3.05, 3.63) is 120 Å². The molecule has 1 aliphatic carbocycles. The molecule has 1 aliphatic heterocycles. The van der Waals surface area contributed by atoms with Gasteiger partial charge in [0.05, 0.1) is 29.5 Å². The number of carbonyl (C=O) groups excluding carboxylic acids is 1. The van der Waals surface area contributed by atoms with E-state index in [-0.39, 0.29) is 16.9 Å². The van der Waals surface area contributed by atoms with Gasteiger partial charge in [0.1, 0.15) is 12.2 Å². The summed E-state index contributed by atoms with van der Waals surface area (Å²) < 4.78 is 26.8. The Bertz CT molecular complexity index is 2410. The number of aliphatic hydroxyl groups excluding tert-OH is 2. The molecular formula is C40H45N11O5S. The highest BCUT2D eigenvalue weighted by atomic mass is 32.2. The predicted octanol–water partition coefficient (Wildman–Crippen LogP) is 3.78. The molecule has 0 bridgehead atoms. The minimum absolute atomic E-state index is 0.00705. The second-order valence-electron chi connectivity index (χ2n) is 14.6. The van der Waals surface area contributed by atoms with Crippen molar-refractivity contribution in [2.24, 2.45) is 5.14 Å². The maximum absolute atomic E-state index is 13.0. The zero-order valence-electron chi connectivity index (χ0n) is 31.3. The van der Waals surface area contributed by atoms with Crippen LogP contribution < -0.4 is 26.0 Å². The Morgan fingerprint density at radius 1 is 0.947 bits per heavy atom. The van der Waals surface area contributed by atoms with E-state index in [1.807, 2.05) is 59.0 Å². The van der Waals surface area contributed by atoms with Crippen LogP contribution >= 0.6 is 0 Å². The van der Waals surface area contributed by atoms with E-state index < -0.39 is 40.3 Å². The molecule has 3 aromatic carbocycles. The van der Waals surface area contributed by atoms with Gasteiger partial charge in [-0.2, -0.15) is 15.1 Å². The first kappa shape index (κ1) is 38.0. The van der Waals surface area contributed by atoms with E-state index in [0.717, 1.165) is 23.1 Å². The highest BCUT2D eigenvalue weighted by Gasteiger charge is 2.44. The van der Waals surface area contributed by atoms with E-state index in [1.54, 1.807) is 17.2 Å². The molecule has 8 rings (SSSR count). The molecule has 17 heteroatoms. The Kier molecular flexibility index (Phi) is 10.6. The fourth-order valence-electron chi connectivity index (χ4n) is 7.82. The molecule has 7 N–H and O–H groups in total. The summed E-state index contributed by atoms with van der Waals surface area (Å²) in [6.07, 6.45) is 5.01. The van der Waals surface area contributed by atoms with Gasteiger partial charge >= 0.3 is 6.03 Å². The average Bonchev–Trinajstić information content (AvgIpc) is 4.03. The quantitative estimate of drug-likeness (QED) is 0.105. The van der Waals surface area contributed by atoms with E-state index in [9.17, 15) is 23.4 Å². The molecule has 5 atom stereocenters. The van der Waals surface area contributed by atoms with Crippen molar-refractivity contribution in [3.63, 3.8) is 0 Å². The molecule has 16 nitrogen and oxygen atoms in total. The lowest BCUT2D eigenvalue weighted by Crippen LogP contribution is -2.40. The molecule has 0 radical (unpaired) electrons. The maximum atomic E-state index is 13.0. The van der Waals surface area contributed by atoms with Crippen LogP contribution in [-0.2, 0) is 16.4 Å². The zero-order valence-corrected chi connectivity index (χ0v) is 32.1. The summed E-state index contributed by atoms with van der Waals surface area (Å²) in [5.74, 6) is 0.939. The van der Waals surface area contributed by atoms with E-state index in [1.165, 1.54) is 24.3 Å². The summed E-state index contributed by atoms with van der Waals surface area (Å²) in [5, 5.41) is 41.7. The number of aryl methyl sites for hydroxylation is 1. The van der Waals surface area contributed by atoms with Crippen LogP contribution in [0, 0.1) is 0 Å². The molecule has 6 aromatic rings. The van der Waals surface area contributed by atoms with Crippen LogP contribution in [0.25, 0.3) is 11.2 Å². The SMILES string of the molecule is CCc1cnn([C@H]2C[C@@H](n3cnc4c(NCC(c5ccccc5)c5ccccc5)nc(N5CCC(NC(=O)Nc6ccc(S(N)(=O)=O)cc6)C5)nc43)[C@H](O)[C@@H]2O)c1. The van der Waals surface area contributed by atoms with Crippen molar-refractivity contribution in [2.75, 3.05) is 35.2 Å². The lowest BCUT2D eigenvalue weighted by molar-refractivity contribution is 0.00721. The largest absolute Gasteiger partial charge is 0.388 e. The van der Waals surface area contributed by atoms with Crippen molar-refractivity contribution < 1.29 is 23.4 Å². The number of rotatable bonds is 12. The van der Waals surface area contributed by atoms with Crippen molar-refractivity contribution in [1.82, 2.24) is 34.6 Å². The predicted molar refractivity (Wildman–Crippen MR) is 215 cm³/mol. The first-order valence-corrected chi connectivity index (χ1v) is 20.5. The Hall–Kier alpha value is -5.88. The van der Waals surface area contributed by atoms with Crippen LogP contribution in [0.1, 0.15) is 54.5 Å². The summed E-state index contributed by atoms with van der Waals surface area (Å²) in [6.45, 7) is 3.51. The Balaban J connectivity index is 1.07. The lowest BCUT2D eigenvalue weighted by Gasteiger charge is -2.22. The number of benzene rings is 3. The molecule has 2 aliphatic rings. The van der Waals surface area contributed by atoms with Crippen LogP contribution in [0.5, 0.6) is 0 Å². The molecule has 2 amide bonds. The number of nitrogens with two attached hydrogens (primary N) is 1. The molecule has 1 saturated heterocycles. The molecule has 4 heterocycles. The molecular weight excluding hydrogens is 747 g/mol. The van der Waals surface area contributed by atoms with Crippen LogP contribution in [0.15, 0.2) is 109 Å². The highest BCUT2D eigenvalue weighted by Crippen LogP contribution is 2.40. The third-order valence-corrected chi connectivity index (χ3v) is 11.8. The standard InChI is InChI=1S/C40H45N11O5S/c1-2-25-20-44-51(22-25)33-19-32(35(52)36(33)53)50-24-43-34-37(42-21-31(26-9-5-3-6-10-26)27-11-7-4-8-12-27)47-39(48-38(34)50)49-18-17-29(23-49)46-40(54)45-28-13-15-30(16-14-28)57(41,55)56/h3-16,20,22,24,29,31-33,35-36,52-53H,2,17-19,21,23H2,1H3,(H2,41,55,56)(H,42,47,48)(H2,45,46,54)/t29?,32-,33+,35+,36-/m1/s1. The van der Waals surface area contributed by atoms with Gasteiger partial charge in [-0.25, -0.2) is 23.3 Å². The van der Waals surface area contributed by atoms with Crippen molar-refractivity contribution in [1.29, 1.82) is 0 Å². The minimum atomic E-state index is -3.86. The van der Waals surface area contributed by atoms with Crippen LogP contribution in [-0.4, -0.2) is 91.8 Å². The molecule has 57 heavy (non-hydrogen) atoms. The Labute approximate surface area is 329 Å². The molecule has 3 aromatic heterocycles. The summed E-state index contributed by atoms with van der Waals surface area (Å²) >= 11 is 0. The number of primary sulfonamides is 1. The first-order chi connectivity index (χ1) is 27.6. The Morgan fingerprint density at radius 3 is 2.28 bits per heavy atom. The number of fused-ring (bicyclic) bond motifs is 1. The number of anilines is 3. The van der Waals surface area contributed by atoms with E-state index in [2.05, 4.69) is 45.3 Å². The highest BCUT2D eigenvalue weighted by molar-refractivity contribution is 7.89. The monoisotopic (exact) mass is 791 g/mol. The number of urea groups is 1. The second-order valence-corrected chi connectivity index (χ2v) is 16.1. The fourth-order valence-corrected chi connectivity index (χ4v) is 8.33. The van der Waals surface area contributed by atoms with Gasteiger partial charge < -0.3 is 35.6 Å². The smallest absolute Gasteiger partial charge is 0.319 e. The van der Waals surface area contributed by atoms with Gasteiger partial charge in [0.25, 0.3) is 0 Å². The normalized spacial score (nSPS) is 21.0. The number of sulfonamides is 1. The maximum Gasteiger partial charge on any atom is 0.319 e. The number of nitrogens with one attached hydrogen (secondary N) is 3. The Morgan fingerprint density at radius 2 is 1.63 bits per heavy atom. The van der Waals surface area contributed by atoms with Crippen LogP contribution in [0.3, 0.4) is 0 Å². The number of carbonyl (C=O) groups is 1. The van der Waals surface area contributed by atoms with Crippen LogP contribution in [0.2, 0.25) is 0 Å². The van der Waals surface area contributed by atoms with E-state index in [0.29, 0.717) is 61.1 Å². The number of imidazole rings is 1.